The summed E-state index contributed by atoms with van der Waals surface area (Å²) in [4.78, 5) is 11.7. The highest BCUT2D eigenvalue weighted by molar-refractivity contribution is 7.98. The smallest absolute Gasteiger partial charge is 0.137 e. The summed E-state index contributed by atoms with van der Waals surface area (Å²) in [5.41, 5.74) is 0. The van der Waals surface area contributed by atoms with E-state index in [0.29, 0.717) is 11.7 Å². The largest absolute Gasteiger partial charge is 0.299 e. The molecule has 0 bridgehead atoms. The number of fused-ring (bicyclic) bond motifs is 1. The topological polar surface area (TPSA) is 17.1 Å². The predicted molar refractivity (Wildman–Crippen MR) is 56.9 cm³/mol. The predicted octanol–water partition coefficient (Wildman–Crippen LogP) is 2.74. The Balaban J connectivity index is 1.79. The van der Waals surface area contributed by atoms with Crippen LogP contribution in [0.15, 0.2) is 0 Å². The molecule has 0 aliphatic heterocycles. The lowest BCUT2D eigenvalue weighted by atomic mass is 10.0. The van der Waals surface area contributed by atoms with Crippen LogP contribution in [-0.4, -0.2) is 17.8 Å². The average molecular weight is 198 g/mol. The fourth-order valence-corrected chi connectivity index (χ4v) is 3.24. The van der Waals surface area contributed by atoms with Gasteiger partial charge in [0.15, 0.2) is 0 Å². The first-order valence-electron chi connectivity index (χ1n) is 5.36. The molecule has 2 unspecified atom stereocenters. The molecule has 2 aliphatic rings. The van der Waals surface area contributed by atoms with Crippen LogP contribution in [0.5, 0.6) is 0 Å². The second-order valence-electron chi connectivity index (χ2n) is 4.35. The molecule has 1 nitrogen and oxygen atoms in total. The first-order valence-corrected chi connectivity index (χ1v) is 6.75. The summed E-state index contributed by atoms with van der Waals surface area (Å²) in [5.74, 6) is 3.70. The van der Waals surface area contributed by atoms with E-state index in [1.165, 1.54) is 25.7 Å². The van der Waals surface area contributed by atoms with Crippen LogP contribution < -0.4 is 0 Å². The lowest BCUT2D eigenvalue weighted by Crippen LogP contribution is -2.04. The van der Waals surface area contributed by atoms with E-state index in [1.807, 2.05) is 0 Å². The van der Waals surface area contributed by atoms with Crippen LogP contribution in [-0.2, 0) is 4.79 Å². The molecule has 0 spiro atoms. The molecule has 2 heteroatoms. The maximum Gasteiger partial charge on any atom is 0.137 e. The minimum atomic E-state index is 0.495. The Morgan fingerprint density at radius 1 is 1.31 bits per heavy atom. The third-order valence-corrected chi connectivity index (χ3v) is 4.19. The van der Waals surface area contributed by atoms with Crippen molar-refractivity contribution in [3.05, 3.63) is 0 Å². The molecule has 2 fully saturated rings. The van der Waals surface area contributed by atoms with Gasteiger partial charge >= 0.3 is 0 Å². The standard InChI is InChI=1S/C11H18OS/c1-13-7-6-10(12)11-8-4-2-3-5-9(8)11/h8-9,11H,2-7H2,1H3. The van der Waals surface area contributed by atoms with Gasteiger partial charge in [0.05, 0.1) is 0 Å². The van der Waals surface area contributed by atoms with E-state index < -0.39 is 0 Å². The van der Waals surface area contributed by atoms with Crippen LogP contribution in [0.2, 0.25) is 0 Å². The fraction of sp³-hybridized carbons (Fsp3) is 0.909. The first kappa shape index (κ1) is 9.57. The Hall–Kier alpha value is 0.0200. The number of Topliss-reactive ketones (excluding diaryl/α,β-unsaturated/α-hetero) is 1. The van der Waals surface area contributed by atoms with Gasteiger partial charge in [-0.1, -0.05) is 12.8 Å². The SMILES string of the molecule is CSCCC(=O)C1C2CCCCC21. The number of hydrogen-bond acceptors (Lipinski definition) is 2. The van der Waals surface area contributed by atoms with Gasteiger partial charge in [0.2, 0.25) is 0 Å². The molecule has 2 rings (SSSR count). The number of rotatable bonds is 4. The van der Waals surface area contributed by atoms with Crippen molar-refractivity contribution in [1.29, 1.82) is 0 Å². The molecule has 0 saturated heterocycles. The van der Waals surface area contributed by atoms with Gasteiger partial charge in [0.25, 0.3) is 0 Å². The van der Waals surface area contributed by atoms with Gasteiger partial charge in [0, 0.05) is 12.3 Å². The van der Waals surface area contributed by atoms with Crippen molar-refractivity contribution in [2.75, 3.05) is 12.0 Å². The van der Waals surface area contributed by atoms with Crippen LogP contribution >= 0.6 is 11.8 Å². The lowest BCUT2D eigenvalue weighted by Gasteiger charge is -2.04. The number of ketones is 1. The highest BCUT2D eigenvalue weighted by atomic mass is 32.2. The second kappa shape index (κ2) is 4.04. The van der Waals surface area contributed by atoms with E-state index in [-0.39, 0.29) is 0 Å². The van der Waals surface area contributed by atoms with Crippen LogP contribution in [0, 0.1) is 17.8 Å². The van der Waals surface area contributed by atoms with Gasteiger partial charge in [0.1, 0.15) is 5.78 Å². The second-order valence-corrected chi connectivity index (χ2v) is 5.33. The highest BCUT2D eigenvalue weighted by Crippen LogP contribution is 2.56. The van der Waals surface area contributed by atoms with Gasteiger partial charge in [-0.05, 0) is 36.7 Å². The van der Waals surface area contributed by atoms with Gasteiger partial charge in [-0.3, -0.25) is 4.79 Å². The normalized spacial score (nSPS) is 36.8. The Labute approximate surface area is 84.7 Å². The molecule has 13 heavy (non-hydrogen) atoms. The van der Waals surface area contributed by atoms with Crippen molar-refractivity contribution in [1.82, 2.24) is 0 Å². The van der Waals surface area contributed by atoms with Gasteiger partial charge in [-0.2, -0.15) is 11.8 Å². The minimum Gasteiger partial charge on any atom is -0.299 e. The van der Waals surface area contributed by atoms with Crippen molar-refractivity contribution in [3.8, 4) is 0 Å². The zero-order valence-corrected chi connectivity index (χ0v) is 9.11. The lowest BCUT2D eigenvalue weighted by molar-refractivity contribution is -0.120. The molecular formula is C11H18OS. The molecule has 0 aromatic heterocycles. The van der Waals surface area contributed by atoms with Crippen LogP contribution in [0.4, 0.5) is 0 Å². The molecule has 0 N–H and O–H groups in total. The minimum absolute atomic E-state index is 0.495. The van der Waals surface area contributed by atoms with Crippen molar-refractivity contribution in [2.45, 2.75) is 32.1 Å². The molecule has 2 atom stereocenters. The van der Waals surface area contributed by atoms with Gasteiger partial charge in [-0.25, -0.2) is 0 Å². The Kier molecular flexibility index (Phi) is 2.97. The van der Waals surface area contributed by atoms with Gasteiger partial charge < -0.3 is 0 Å². The van der Waals surface area contributed by atoms with Crippen LogP contribution in [0.25, 0.3) is 0 Å². The molecular weight excluding hydrogens is 180 g/mol. The zero-order valence-electron chi connectivity index (χ0n) is 8.29. The maximum atomic E-state index is 11.7. The Morgan fingerprint density at radius 2 is 1.92 bits per heavy atom. The number of hydrogen-bond donors (Lipinski definition) is 0. The number of carbonyl (C=O) groups excluding carboxylic acids is 1. The highest BCUT2D eigenvalue weighted by Gasteiger charge is 2.53. The molecule has 2 aliphatic carbocycles. The number of carbonyl (C=O) groups is 1. The first-order chi connectivity index (χ1) is 6.34. The summed E-state index contributed by atoms with van der Waals surface area (Å²) >= 11 is 1.79. The monoisotopic (exact) mass is 198 g/mol. The Morgan fingerprint density at radius 3 is 2.46 bits per heavy atom. The molecule has 0 amide bonds. The quantitative estimate of drug-likeness (QED) is 0.691. The van der Waals surface area contributed by atoms with Crippen molar-refractivity contribution in [2.24, 2.45) is 17.8 Å². The third kappa shape index (κ3) is 1.93. The third-order valence-electron chi connectivity index (χ3n) is 3.58. The fourth-order valence-electron chi connectivity index (χ4n) is 2.84. The van der Waals surface area contributed by atoms with Crippen LogP contribution in [0.3, 0.4) is 0 Å². The summed E-state index contributed by atoms with van der Waals surface area (Å²) in [7, 11) is 0. The van der Waals surface area contributed by atoms with E-state index in [0.717, 1.165) is 24.0 Å². The van der Waals surface area contributed by atoms with Crippen molar-refractivity contribution >= 4 is 17.5 Å². The van der Waals surface area contributed by atoms with E-state index >= 15 is 0 Å². The van der Waals surface area contributed by atoms with Crippen LogP contribution in [0.1, 0.15) is 32.1 Å². The molecule has 0 aromatic carbocycles. The summed E-state index contributed by atoms with van der Waals surface area (Å²) < 4.78 is 0. The Bertz CT molecular complexity index is 190. The maximum absolute atomic E-state index is 11.7. The summed E-state index contributed by atoms with van der Waals surface area (Å²) in [6, 6.07) is 0. The zero-order chi connectivity index (χ0) is 9.26. The van der Waals surface area contributed by atoms with Crippen molar-refractivity contribution in [3.63, 3.8) is 0 Å². The summed E-state index contributed by atoms with van der Waals surface area (Å²) in [5, 5.41) is 0. The number of thioether (sulfide) groups is 1. The summed E-state index contributed by atoms with van der Waals surface area (Å²) in [6.45, 7) is 0. The van der Waals surface area contributed by atoms with Gasteiger partial charge in [-0.15, -0.1) is 0 Å². The average Bonchev–Trinajstić information content (AvgIpc) is 2.88. The molecule has 0 aromatic rings. The van der Waals surface area contributed by atoms with E-state index in [1.54, 1.807) is 11.8 Å². The molecule has 2 saturated carbocycles. The van der Waals surface area contributed by atoms with E-state index in [9.17, 15) is 4.79 Å². The molecule has 0 heterocycles. The molecule has 74 valence electrons. The summed E-state index contributed by atoms with van der Waals surface area (Å²) in [6.07, 6.45) is 8.30. The van der Waals surface area contributed by atoms with Crippen molar-refractivity contribution < 1.29 is 4.79 Å². The molecule has 0 radical (unpaired) electrons. The van der Waals surface area contributed by atoms with E-state index in [4.69, 9.17) is 0 Å². The van der Waals surface area contributed by atoms with E-state index in [2.05, 4.69) is 6.26 Å².